The minimum Gasteiger partial charge on any atom is -0.381 e. The molecule has 39 heavy (non-hydrogen) atoms. The van der Waals surface area contributed by atoms with Crippen LogP contribution < -0.4 is 0 Å². The summed E-state index contributed by atoms with van der Waals surface area (Å²) in [7, 11) is -3.37. The van der Waals surface area contributed by atoms with Crippen LogP contribution >= 0.6 is 0 Å². The Hall–Kier alpha value is -3.07. The van der Waals surface area contributed by atoms with Crippen molar-refractivity contribution in [1.29, 1.82) is 0 Å². The van der Waals surface area contributed by atoms with Crippen LogP contribution in [0.15, 0.2) is 72.9 Å². The summed E-state index contributed by atoms with van der Waals surface area (Å²) in [5.41, 5.74) is 5.09. The molecule has 0 amide bonds. The summed E-state index contributed by atoms with van der Waals surface area (Å²) in [6, 6.07) is 21.2. The van der Waals surface area contributed by atoms with Crippen molar-refractivity contribution in [1.82, 2.24) is 14.1 Å². The number of hydrogen-bond donors (Lipinski definition) is 0. The van der Waals surface area contributed by atoms with E-state index < -0.39 is 10.0 Å². The molecular weight excluding hydrogens is 513 g/mol. The van der Waals surface area contributed by atoms with Gasteiger partial charge in [-0.1, -0.05) is 30.3 Å². The molecule has 0 unspecified atom stereocenters. The highest BCUT2D eigenvalue weighted by atomic mass is 32.2. The van der Waals surface area contributed by atoms with Crippen molar-refractivity contribution in [2.45, 2.75) is 31.1 Å². The van der Waals surface area contributed by atoms with Crippen LogP contribution in [0.5, 0.6) is 0 Å². The molecule has 0 radical (unpaired) electrons. The lowest BCUT2D eigenvalue weighted by Crippen LogP contribution is -2.38. The lowest BCUT2D eigenvalue weighted by atomic mass is 9.87. The van der Waals surface area contributed by atoms with E-state index in [1.807, 2.05) is 16.9 Å². The fourth-order valence-electron chi connectivity index (χ4n) is 7.22. The highest BCUT2D eigenvalue weighted by Gasteiger charge is 2.71. The molecule has 0 spiro atoms. The first-order chi connectivity index (χ1) is 18.9. The molecule has 3 fully saturated rings. The van der Waals surface area contributed by atoms with Crippen molar-refractivity contribution in [2.24, 2.45) is 11.8 Å². The Balaban J connectivity index is 1.26. The van der Waals surface area contributed by atoms with Crippen molar-refractivity contribution in [3.63, 3.8) is 0 Å². The second kappa shape index (κ2) is 9.25. The maximum atomic E-state index is 13.6. The number of ether oxygens (including phenoxy) is 1. The molecule has 3 aliphatic rings. The standard InChI is InChI=1S/C31H32FN3O3S/c1-21-15-29-24(17-33-35(29)26-9-7-25(32)8-10-26)16-27(21)31-20-34(39(36,37)19-22-11-13-38-14-12-22)18-28(31)30(31)23-5-3-2-4-6-23/h2-10,15-17,22,28,30H,11-14,18-20H2,1H3/t28-,30-,31+/m0/s1. The molecule has 0 N–H and O–H groups in total. The number of benzene rings is 3. The Kier molecular flexibility index (Phi) is 5.91. The topological polar surface area (TPSA) is 64.4 Å². The Morgan fingerprint density at radius 2 is 1.79 bits per heavy atom. The number of rotatable bonds is 6. The second-order valence-corrected chi connectivity index (χ2v) is 13.4. The van der Waals surface area contributed by atoms with E-state index in [0.717, 1.165) is 35.0 Å². The number of fused-ring (bicyclic) bond motifs is 2. The number of hydrogen-bond acceptors (Lipinski definition) is 4. The Morgan fingerprint density at radius 3 is 2.54 bits per heavy atom. The predicted octanol–water partition coefficient (Wildman–Crippen LogP) is 5.20. The van der Waals surface area contributed by atoms with Gasteiger partial charge in [0.1, 0.15) is 5.82 Å². The molecule has 3 aromatic carbocycles. The number of sulfonamides is 1. The third kappa shape index (κ3) is 4.12. The molecular formula is C31H32FN3O3S. The molecule has 7 rings (SSSR count). The molecule has 1 saturated carbocycles. The van der Waals surface area contributed by atoms with E-state index in [-0.39, 0.29) is 34.7 Å². The van der Waals surface area contributed by atoms with Crippen LogP contribution in [0.1, 0.15) is 35.4 Å². The number of aryl methyl sites for hydroxylation is 1. The van der Waals surface area contributed by atoms with Gasteiger partial charge in [0.25, 0.3) is 0 Å². The zero-order chi connectivity index (χ0) is 26.8. The van der Waals surface area contributed by atoms with Crippen molar-refractivity contribution >= 4 is 20.9 Å². The van der Waals surface area contributed by atoms with E-state index in [1.54, 1.807) is 16.4 Å². The van der Waals surface area contributed by atoms with E-state index >= 15 is 0 Å². The van der Waals surface area contributed by atoms with Crippen LogP contribution in [0.3, 0.4) is 0 Å². The molecule has 4 aromatic rings. The molecule has 0 bridgehead atoms. The molecule has 2 saturated heterocycles. The third-order valence-electron chi connectivity index (χ3n) is 9.17. The van der Waals surface area contributed by atoms with Crippen molar-refractivity contribution in [3.05, 3.63) is 95.4 Å². The third-order valence-corrected chi connectivity index (χ3v) is 11.1. The summed E-state index contributed by atoms with van der Waals surface area (Å²) in [6.07, 6.45) is 3.46. The fraction of sp³-hybridized carbons (Fsp3) is 0.387. The van der Waals surface area contributed by atoms with Gasteiger partial charge in [-0.15, -0.1) is 0 Å². The molecule has 8 heteroatoms. The molecule has 3 atom stereocenters. The van der Waals surface area contributed by atoms with Gasteiger partial charge in [0, 0.05) is 43.0 Å². The lowest BCUT2D eigenvalue weighted by Gasteiger charge is -2.28. The molecule has 1 aliphatic carbocycles. The van der Waals surface area contributed by atoms with Gasteiger partial charge in [0.05, 0.1) is 23.2 Å². The van der Waals surface area contributed by atoms with Crippen LogP contribution in [0.2, 0.25) is 0 Å². The predicted molar refractivity (Wildman–Crippen MR) is 149 cm³/mol. The Labute approximate surface area is 228 Å². The van der Waals surface area contributed by atoms with Crippen molar-refractivity contribution in [2.75, 3.05) is 32.1 Å². The summed E-state index contributed by atoms with van der Waals surface area (Å²) in [6.45, 7) is 4.46. The molecule has 6 nitrogen and oxygen atoms in total. The first-order valence-electron chi connectivity index (χ1n) is 13.7. The molecule has 3 heterocycles. The van der Waals surface area contributed by atoms with Gasteiger partial charge in [0.15, 0.2) is 0 Å². The SMILES string of the molecule is Cc1cc2c(cnn2-c2ccc(F)cc2)cc1[C@]12CN(S(=O)(=O)CC3CCOCC3)C[C@H]1[C@@H]2c1ccccc1. The van der Waals surface area contributed by atoms with Gasteiger partial charge < -0.3 is 4.74 Å². The van der Waals surface area contributed by atoms with Crippen LogP contribution in [0.25, 0.3) is 16.6 Å². The maximum absolute atomic E-state index is 13.6. The van der Waals surface area contributed by atoms with Gasteiger partial charge in [-0.3, -0.25) is 0 Å². The molecule has 1 aromatic heterocycles. The van der Waals surface area contributed by atoms with Crippen molar-refractivity contribution in [3.8, 4) is 5.69 Å². The van der Waals surface area contributed by atoms with E-state index in [0.29, 0.717) is 26.3 Å². The van der Waals surface area contributed by atoms with E-state index in [2.05, 4.69) is 48.4 Å². The minimum absolute atomic E-state index is 0.164. The minimum atomic E-state index is -3.37. The smallest absolute Gasteiger partial charge is 0.214 e. The van der Waals surface area contributed by atoms with Gasteiger partial charge in [0.2, 0.25) is 10.0 Å². The van der Waals surface area contributed by atoms with Crippen LogP contribution in [0.4, 0.5) is 4.39 Å². The summed E-state index contributed by atoms with van der Waals surface area (Å²) >= 11 is 0. The van der Waals surface area contributed by atoms with Gasteiger partial charge in [-0.25, -0.2) is 21.8 Å². The highest BCUT2D eigenvalue weighted by Crippen LogP contribution is 2.70. The van der Waals surface area contributed by atoms with Crippen LogP contribution in [-0.2, 0) is 20.2 Å². The second-order valence-electron chi connectivity index (χ2n) is 11.4. The van der Waals surface area contributed by atoms with E-state index in [9.17, 15) is 12.8 Å². The quantitative estimate of drug-likeness (QED) is 0.334. The van der Waals surface area contributed by atoms with Crippen LogP contribution in [-0.4, -0.2) is 54.6 Å². The number of nitrogens with zero attached hydrogens (tertiary/aromatic N) is 3. The van der Waals surface area contributed by atoms with E-state index in [4.69, 9.17) is 4.74 Å². The maximum Gasteiger partial charge on any atom is 0.214 e. The first-order valence-corrected chi connectivity index (χ1v) is 15.3. The fourth-order valence-corrected chi connectivity index (χ4v) is 9.15. The van der Waals surface area contributed by atoms with Crippen molar-refractivity contribution < 1.29 is 17.5 Å². The average Bonchev–Trinajstić information content (AvgIpc) is 3.20. The average molecular weight is 546 g/mol. The highest BCUT2D eigenvalue weighted by molar-refractivity contribution is 7.89. The summed E-state index contributed by atoms with van der Waals surface area (Å²) in [5.74, 6) is 0.593. The summed E-state index contributed by atoms with van der Waals surface area (Å²) in [4.78, 5) is 0. The number of aromatic nitrogens is 2. The zero-order valence-electron chi connectivity index (χ0n) is 22.0. The zero-order valence-corrected chi connectivity index (χ0v) is 22.8. The summed E-state index contributed by atoms with van der Waals surface area (Å²) in [5, 5.41) is 5.61. The van der Waals surface area contributed by atoms with Crippen LogP contribution in [0, 0.1) is 24.6 Å². The van der Waals surface area contributed by atoms with Gasteiger partial charge >= 0.3 is 0 Å². The Morgan fingerprint density at radius 1 is 1.05 bits per heavy atom. The molecule has 202 valence electrons. The largest absolute Gasteiger partial charge is 0.381 e. The lowest BCUT2D eigenvalue weighted by molar-refractivity contribution is 0.0720. The first kappa shape index (κ1) is 24.9. The monoisotopic (exact) mass is 545 g/mol. The summed E-state index contributed by atoms with van der Waals surface area (Å²) < 4.78 is 49.8. The number of piperidine rings is 1. The van der Waals surface area contributed by atoms with Gasteiger partial charge in [-0.05, 0) is 84.7 Å². The van der Waals surface area contributed by atoms with Gasteiger partial charge in [-0.2, -0.15) is 5.10 Å². The Bertz CT molecular complexity index is 1630. The molecule has 2 aliphatic heterocycles. The normalized spacial score (nSPS) is 25.7. The number of halogens is 1. The van der Waals surface area contributed by atoms with E-state index in [1.165, 1.54) is 23.3 Å².